The van der Waals surface area contributed by atoms with Gasteiger partial charge in [-0.3, -0.25) is 0 Å². The highest BCUT2D eigenvalue weighted by Gasteiger charge is 2.45. The van der Waals surface area contributed by atoms with Crippen LogP contribution in [-0.4, -0.2) is 38.8 Å². The first-order valence-corrected chi connectivity index (χ1v) is 8.19. The molecule has 0 aliphatic heterocycles. The van der Waals surface area contributed by atoms with E-state index >= 15 is 0 Å². The van der Waals surface area contributed by atoms with E-state index < -0.39 is 18.3 Å². The molecule has 0 saturated heterocycles. The Balaban J connectivity index is 1.78. The Bertz CT molecular complexity index is 333. The van der Waals surface area contributed by atoms with Gasteiger partial charge in [-0.1, -0.05) is 6.42 Å². The molecule has 2 aliphatic rings. The van der Waals surface area contributed by atoms with Gasteiger partial charge in [0, 0.05) is 20.3 Å². The van der Waals surface area contributed by atoms with E-state index in [1.54, 1.807) is 7.11 Å². The summed E-state index contributed by atoms with van der Waals surface area (Å²) in [4.78, 5) is 0. The Morgan fingerprint density at radius 2 is 1.73 bits per heavy atom. The molecule has 5 atom stereocenters. The number of halogens is 4. The summed E-state index contributed by atoms with van der Waals surface area (Å²) in [5.74, 6) is -1.37. The summed E-state index contributed by atoms with van der Waals surface area (Å²) in [5, 5.41) is 0. The maximum Gasteiger partial charge on any atom is 0.391 e. The molecular formula is C16H26F4O2. The molecule has 2 fully saturated rings. The molecule has 130 valence electrons. The maximum absolute atomic E-state index is 13.6. The summed E-state index contributed by atoms with van der Waals surface area (Å²) in [6, 6.07) is 0. The average Bonchev–Trinajstić information content (AvgIpc) is 2.44. The van der Waals surface area contributed by atoms with Crippen molar-refractivity contribution in [2.75, 3.05) is 20.3 Å². The molecule has 0 radical (unpaired) electrons. The quantitative estimate of drug-likeness (QED) is 0.691. The number of ether oxygens (including phenoxy) is 2. The van der Waals surface area contributed by atoms with Crippen molar-refractivity contribution < 1.29 is 27.0 Å². The first kappa shape index (κ1) is 18.0. The third kappa shape index (κ3) is 5.37. The van der Waals surface area contributed by atoms with E-state index in [1.807, 2.05) is 0 Å². The van der Waals surface area contributed by atoms with Crippen molar-refractivity contribution in [1.29, 1.82) is 0 Å². The van der Waals surface area contributed by atoms with Crippen LogP contribution < -0.4 is 0 Å². The lowest BCUT2D eigenvalue weighted by atomic mass is 9.80. The standard InChI is InChI=1S/C16H26F4O2/c1-21-9-11-3-2-4-15(7-11)22-10-12-5-13(16(18,19)20)8-14(17)6-12/h11-15H,2-10H2,1H3. The molecule has 22 heavy (non-hydrogen) atoms. The van der Waals surface area contributed by atoms with Crippen LogP contribution in [0.25, 0.3) is 0 Å². The lowest BCUT2D eigenvalue weighted by molar-refractivity contribution is -0.193. The Labute approximate surface area is 129 Å². The van der Waals surface area contributed by atoms with Crippen LogP contribution in [0.4, 0.5) is 17.6 Å². The minimum Gasteiger partial charge on any atom is -0.384 e. The molecule has 0 spiro atoms. The van der Waals surface area contributed by atoms with Crippen LogP contribution in [0.2, 0.25) is 0 Å². The molecule has 0 bridgehead atoms. The third-order valence-electron chi connectivity index (χ3n) is 4.91. The van der Waals surface area contributed by atoms with E-state index in [2.05, 4.69) is 0 Å². The molecule has 6 heteroatoms. The molecule has 2 saturated carbocycles. The van der Waals surface area contributed by atoms with Crippen LogP contribution in [-0.2, 0) is 9.47 Å². The van der Waals surface area contributed by atoms with Gasteiger partial charge >= 0.3 is 6.18 Å². The van der Waals surface area contributed by atoms with Gasteiger partial charge in [-0.2, -0.15) is 13.2 Å². The summed E-state index contributed by atoms with van der Waals surface area (Å²) >= 11 is 0. The lowest BCUT2D eigenvalue weighted by Gasteiger charge is -2.34. The molecular weight excluding hydrogens is 300 g/mol. The van der Waals surface area contributed by atoms with Gasteiger partial charge in [0.1, 0.15) is 6.17 Å². The summed E-state index contributed by atoms with van der Waals surface area (Å²) in [6.07, 6.45) is -1.77. The average molecular weight is 326 g/mol. The summed E-state index contributed by atoms with van der Waals surface area (Å²) < 4.78 is 62.9. The van der Waals surface area contributed by atoms with Crippen molar-refractivity contribution in [3.05, 3.63) is 0 Å². The molecule has 0 heterocycles. The Morgan fingerprint density at radius 1 is 0.955 bits per heavy atom. The molecule has 2 nitrogen and oxygen atoms in total. The van der Waals surface area contributed by atoms with Gasteiger partial charge < -0.3 is 9.47 Å². The van der Waals surface area contributed by atoms with Crippen molar-refractivity contribution in [3.8, 4) is 0 Å². The summed E-state index contributed by atoms with van der Waals surface area (Å²) in [7, 11) is 1.67. The van der Waals surface area contributed by atoms with E-state index in [1.165, 1.54) is 0 Å². The van der Waals surface area contributed by atoms with Crippen LogP contribution in [0.5, 0.6) is 0 Å². The topological polar surface area (TPSA) is 18.5 Å². The van der Waals surface area contributed by atoms with E-state index in [0.717, 1.165) is 25.7 Å². The van der Waals surface area contributed by atoms with Crippen LogP contribution in [0.1, 0.15) is 44.9 Å². The fourth-order valence-electron chi connectivity index (χ4n) is 3.82. The van der Waals surface area contributed by atoms with Crippen LogP contribution in [0.3, 0.4) is 0 Å². The van der Waals surface area contributed by atoms with Crippen molar-refractivity contribution in [2.24, 2.45) is 17.8 Å². The smallest absolute Gasteiger partial charge is 0.384 e. The van der Waals surface area contributed by atoms with Gasteiger partial charge in [-0.15, -0.1) is 0 Å². The number of alkyl halides is 4. The van der Waals surface area contributed by atoms with Crippen molar-refractivity contribution in [1.82, 2.24) is 0 Å². The number of hydrogen-bond donors (Lipinski definition) is 0. The van der Waals surface area contributed by atoms with Gasteiger partial charge in [0.05, 0.1) is 12.0 Å². The first-order valence-electron chi connectivity index (χ1n) is 8.19. The van der Waals surface area contributed by atoms with Crippen molar-refractivity contribution >= 4 is 0 Å². The number of hydrogen-bond acceptors (Lipinski definition) is 2. The third-order valence-corrected chi connectivity index (χ3v) is 4.91. The fraction of sp³-hybridized carbons (Fsp3) is 1.00. The molecule has 5 unspecified atom stereocenters. The largest absolute Gasteiger partial charge is 0.391 e. The maximum atomic E-state index is 13.6. The highest BCUT2D eigenvalue weighted by atomic mass is 19.4. The van der Waals surface area contributed by atoms with Crippen LogP contribution >= 0.6 is 0 Å². The van der Waals surface area contributed by atoms with E-state index in [9.17, 15) is 17.6 Å². The molecule has 0 aromatic rings. The second kappa shape index (κ2) is 7.95. The number of rotatable bonds is 5. The van der Waals surface area contributed by atoms with Gasteiger partial charge in [0.25, 0.3) is 0 Å². The number of methoxy groups -OCH3 is 1. The van der Waals surface area contributed by atoms with Crippen molar-refractivity contribution in [3.63, 3.8) is 0 Å². The molecule has 0 amide bonds. The minimum absolute atomic E-state index is 0.00185. The predicted octanol–water partition coefficient (Wildman–Crippen LogP) is 4.52. The zero-order chi connectivity index (χ0) is 16.2. The molecule has 0 aromatic carbocycles. The highest BCUT2D eigenvalue weighted by molar-refractivity contribution is 4.83. The Kier molecular flexibility index (Phi) is 6.50. The molecule has 0 N–H and O–H groups in total. The van der Waals surface area contributed by atoms with Crippen LogP contribution in [0.15, 0.2) is 0 Å². The van der Waals surface area contributed by atoms with Gasteiger partial charge in [0.15, 0.2) is 0 Å². The monoisotopic (exact) mass is 326 g/mol. The second-order valence-electron chi connectivity index (χ2n) is 6.85. The molecule has 2 rings (SSSR count). The predicted molar refractivity (Wildman–Crippen MR) is 75.4 cm³/mol. The fourth-order valence-corrected chi connectivity index (χ4v) is 3.82. The van der Waals surface area contributed by atoms with E-state index in [4.69, 9.17) is 9.47 Å². The van der Waals surface area contributed by atoms with Crippen LogP contribution in [0, 0.1) is 17.8 Å². The van der Waals surface area contributed by atoms with Gasteiger partial charge in [-0.05, 0) is 50.4 Å². The Hall–Kier alpha value is -0.360. The first-order chi connectivity index (χ1) is 10.4. The molecule has 2 aliphatic carbocycles. The summed E-state index contributed by atoms with van der Waals surface area (Å²) in [5.41, 5.74) is 0. The zero-order valence-corrected chi connectivity index (χ0v) is 13.1. The minimum atomic E-state index is -4.29. The normalized spacial score (nSPS) is 37.2. The Morgan fingerprint density at radius 3 is 2.41 bits per heavy atom. The van der Waals surface area contributed by atoms with E-state index in [0.29, 0.717) is 12.5 Å². The molecule has 0 aromatic heterocycles. The lowest BCUT2D eigenvalue weighted by Crippen LogP contribution is -2.36. The van der Waals surface area contributed by atoms with Gasteiger partial charge in [0.2, 0.25) is 0 Å². The zero-order valence-electron chi connectivity index (χ0n) is 13.1. The SMILES string of the molecule is COCC1CCCC(OCC2CC(F)CC(C(F)(F)F)C2)C1. The second-order valence-corrected chi connectivity index (χ2v) is 6.85. The summed E-state index contributed by atoms with van der Waals surface area (Å²) in [6.45, 7) is 0.948. The highest BCUT2D eigenvalue weighted by Crippen LogP contribution is 2.41. The van der Waals surface area contributed by atoms with Crippen molar-refractivity contribution in [2.45, 2.75) is 63.4 Å². The van der Waals surface area contributed by atoms with Gasteiger partial charge in [-0.25, -0.2) is 4.39 Å². The van der Waals surface area contributed by atoms with E-state index in [-0.39, 0.29) is 37.9 Å².